The van der Waals surface area contributed by atoms with E-state index in [2.05, 4.69) is 15.9 Å². The minimum absolute atomic E-state index is 0.0693. The molecule has 5 nitrogen and oxygen atoms in total. The van der Waals surface area contributed by atoms with Crippen molar-refractivity contribution in [1.82, 2.24) is 4.90 Å². The zero-order valence-corrected chi connectivity index (χ0v) is 15.5. The molecule has 1 atom stereocenters. The summed E-state index contributed by atoms with van der Waals surface area (Å²) < 4.78 is 29.6. The molecular weight excluding hydrogens is 406 g/mol. The summed E-state index contributed by atoms with van der Waals surface area (Å²) in [6, 6.07) is 5.04. The van der Waals surface area contributed by atoms with Crippen molar-refractivity contribution in [1.29, 1.82) is 0 Å². The largest absolute Gasteiger partial charge is 0.483 e. The van der Waals surface area contributed by atoms with E-state index >= 15 is 0 Å². The molecule has 2 fully saturated rings. The average Bonchev–Trinajstić information content (AvgIpc) is 3.22. The Morgan fingerprint density at radius 2 is 2.04 bits per heavy atom. The van der Waals surface area contributed by atoms with E-state index in [9.17, 15) is 13.2 Å². The number of hydrogen-bond acceptors (Lipinski definition) is 4. The Kier molecular flexibility index (Phi) is 4.90. The lowest BCUT2D eigenvalue weighted by Gasteiger charge is -2.28. The summed E-state index contributed by atoms with van der Waals surface area (Å²) in [6.45, 7) is -0.104. The first-order valence-corrected chi connectivity index (χ1v) is 10.4. The summed E-state index contributed by atoms with van der Waals surface area (Å²) in [7, 11) is -3.02. The molecule has 0 spiro atoms. The van der Waals surface area contributed by atoms with Crippen LogP contribution in [-0.4, -0.2) is 49.4 Å². The lowest BCUT2D eigenvalue weighted by Crippen LogP contribution is -2.45. The van der Waals surface area contributed by atoms with Gasteiger partial charge in [0.25, 0.3) is 5.91 Å². The van der Waals surface area contributed by atoms with Gasteiger partial charge in [0.2, 0.25) is 0 Å². The van der Waals surface area contributed by atoms with Gasteiger partial charge < -0.3 is 9.64 Å². The highest BCUT2D eigenvalue weighted by molar-refractivity contribution is 9.10. The number of carbonyl (C=O) groups is 1. The third-order valence-electron chi connectivity index (χ3n) is 4.08. The molecule has 1 aliphatic heterocycles. The minimum atomic E-state index is -3.02. The van der Waals surface area contributed by atoms with Gasteiger partial charge in [-0.25, -0.2) is 8.42 Å². The van der Waals surface area contributed by atoms with Gasteiger partial charge in [-0.2, -0.15) is 0 Å². The molecule has 3 rings (SSSR count). The molecule has 1 aliphatic carbocycles. The summed E-state index contributed by atoms with van der Waals surface area (Å²) in [4.78, 5) is 14.3. The zero-order valence-electron chi connectivity index (χ0n) is 12.4. The highest BCUT2D eigenvalue weighted by atomic mass is 79.9. The first-order chi connectivity index (χ1) is 10.9. The molecule has 1 unspecified atom stereocenters. The molecule has 2 aliphatic rings. The predicted octanol–water partition coefficient (Wildman–Crippen LogP) is 2.66. The van der Waals surface area contributed by atoms with Crippen molar-refractivity contribution in [2.45, 2.75) is 31.3 Å². The van der Waals surface area contributed by atoms with E-state index in [1.807, 2.05) is 0 Å². The summed E-state index contributed by atoms with van der Waals surface area (Å²) in [6.07, 6.45) is 2.40. The fraction of sp³-hybridized carbons (Fsp3) is 0.533. The van der Waals surface area contributed by atoms with Gasteiger partial charge >= 0.3 is 0 Å². The molecule has 1 heterocycles. The standard InChI is InChI=1S/C15H17BrClNO4S/c16-13-7-10(17)1-4-14(13)22-8-15(19)18(11-2-3-11)12-5-6-23(20,21)9-12/h1,4,7,11-12H,2-3,5-6,8-9H2. The van der Waals surface area contributed by atoms with Gasteiger partial charge in [0.15, 0.2) is 16.4 Å². The van der Waals surface area contributed by atoms with Gasteiger partial charge in [-0.15, -0.1) is 0 Å². The van der Waals surface area contributed by atoms with E-state index < -0.39 is 9.84 Å². The van der Waals surface area contributed by atoms with Crippen LogP contribution in [0.25, 0.3) is 0 Å². The maximum Gasteiger partial charge on any atom is 0.261 e. The summed E-state index contributed by atoms with van der Waals surface area (Å²) in [5.41, 5.74) is 0. The van der Waals surface area contributed by atoms with E-state index in [-0.39, 0.29) is 36.1 Å². The Balaban J connectivity index is 1.65. The predicted molar refractivity (Wildman–Crippen MR) is 91.6 cm³/mol. The molecule has 0 bridgehead atoms. The number of halogens is 2. The Bertz CT molecular complexity index is 720. The molecule has 1 saturated carbocycles. The van der Waals surface area contributed by atoms with Crippen molar-refractivity contribution in [2.75, 3.05) is 18.1 Å². The number of benzene rings is 1. The van der Waals surface area contributed by atoms with E-state index in [0.717, 1.165) is 12.8 Å². The van der Waals surface area contributed by atoms with Crippen molar-refractivity contribution in [3.63, 3.8) is 0 Å². The van der Waals surface area contributed by atoms with Crippen molar-refractivity contribution in [3.05, 3.63) is 27.7 Å². The first kappa shape index (κ1) is 17.0. The van der Waals surface area contributed by atoms with Gasteiger partial charge in [-0.1, -0.05) is 11.6 Å². The Hall–Kier alpha value is -0.790. The maximum absolute atomic E-state index is 12.5. The lowest BCUT2D eigenvalue weighted by molar-refractivity contribution is -0.135. The zero-order chi connectivity index (χ0) is 16.6. The summed E-state index contributed by atoms with van der Waals surface area (Å²) in [5.74, 6) is 0.617. The number of nitrogens with zero attached hydrogens (tertiary/aromatic N) is 1. The van der Waals surface area contributed by atoms with E-state index in [4.69, 9.17) is 16.3 Å². The van der Waals surface area contributed by atoms with Crippen LogP contribution in [0.5, 0.6) is 5.75 Å². The fourth-order valence-corrected chi connectivity index (χ4v) is 5.37. The Morgan fingerprint density at radius 1 is 1.30 bits per heavy atom. The van der Waals surface area contributed by atoms with Crippen molar-refractivity contribution < 1.29 is 17.9 Å². The van der Waals surface area contributed by atoms with Crippen LogP contribution in [0.1, 0.15) is 19.3 Å². The highest BCUT2D eigenvalue weighted by Gasteiger charge is 2.42. The Labute approximate surface area is 149 Å². The number of sulfone groups is 1. The SMILES string of the molecule is O=C(COc1ccc(Cl)cc1Br)N(C1CC1)C1CCS(=O)(=O)C1. The molecule has 1 amide bonds. The van der Waals surface area contributed by atoms with Gasteiger partial charge in [0.1, 0.15) is 5.75 Å². The smallest absolute Gasteiger partial charge is 0.261 e. The van der Waals surface area contributed by atoms with Gasteiger partial charge in [-0.05, 0) is 53.4 Å². The van der Waals surface area contributed by atoms with Gasteiger partial charge in [-0.3, -0.25) is 4.79 Å². The third kappa shape index (κ3) is 4.19. The minimum Gasteiger partial charge on any atom is -0.483 e. The van der Waals surface area contributed by atoms with Crippen LogP contribution in [0, 0.1) is 0 Å². The molecule has 0 N–H and O–H groups in total. The van der Waals surface area contributed by atoms with Crippen LogP contribution in [0.2, 0.25) is 5.02 Å². The molecule has 0 aromatic heterocycles. The molecule has 1 aromatic rings. The van der Waals surface area contributed by atoms with E-state index in [1.165, 1.54) is 0 Å². The number of carbonyl (C=O) groups excluding carboxylic acids is 1. The molecule has 8 heteroatoms. The summed E-state index contributed by atoms with van der Waals surface area (Å²) >= 11 is 9.22. The molecule has 126 valence electrons. The van der Waals surface area contributed by atoms with Crippen molar-refractivity contribution in [2.24, 2.45) is 0 Å². The van der Waals surface area contributed by atoms with Crippen molar-refractivity contribution in [3.8, 4) is 5.75 Å². The molecule has 23 heavy (non-hydrogen) atoms. The second kappa shape index (κ2) is 6.61. The highest BCUT2D eigenvalue weighted by Crippen LogP contribution is 2.33. The molecule has 0 radical (unpaired) electrons. The second-order valence-corrected chi connectivity index (χ2v) is 9.47. The molecule has 1 aromatic carbocycles. The Morgan fingerprint density at radius 3 is 2.61 bits per heavy atom. The number of hydrogen-bond donors (Lipinski definition) is 0. The monoisotopic (exact) mass is 421 g/mol. The molecule has 1 saturated heterocycles. The van der Waals surface area contributed by atoms with Crippen LogP contribution in [0.15, 0.2) is 22.7 Å². The average molecular weight is 423 g/mol. The quantitative estimate of drug-likeness (QED) is 0.732. The van der Waals surface area contributed by atoms with Crippen LogP contribution in [-0.2, 0) is 14.6 Å². The number of rotatable bonds is 5. The second-order valence-electron chi connectivity index (χ2n) is 5.95. The van der Waals surface area contributed by atoms with Crippen LogP contribution in [0.4, 0.5) is 0 Å². The maximum atomic E-state index is 12.5. The molecular formula is C15H17BrClNO4S. The van der Waals surface area contributed by atoms with E-state index in [1.54, 1.807) is 23.1 Å². The third-order valence-corrected chi connectivity index (χ3v) is 6.68. The van der Waals surface area contributed by atoms with Crippen molar-refractivity contribution >= 4 is 43.3 Å². The normalized spacial score (nSPS) is 22.8. The van der Waals surface area contributed by atoms with Crippen LogP contribution < -0.4 is 4.74 Å². The fourth-order valence-electron chi connectivity index (χ4n) is 2.86. The van der Waals surface area contributed by atoms with Gasteiger partial charge in [0.05, 0.1) is 16.0 Å². The summed E-state index contributed by atoms with van der Waals surface area (Å²) in [5, 5.41) is 0.575. The van der Waals surface area contributed by atoms with E-state index in [0.29, 0.717) is 21.7 Å². The van der Waals surface area contributed by atoms with Gasteiger partial charge in [0, 0.05) is 17.1 Å². The first-order valence-electron chi connectivity index (χ1n) is 7.45. The number of ether oxygens (including phenoxy) is 1. The van der Waals surface area contributed by atoms with Crippen LogP contribution in [0.3, 0.4) is 0 Å². The van der Waals surface area contributed by atoms with Crippen LogP contribution >= 0.6 is 27.5 Å². The topological polar surface area (TPSA) is 63.7 Å². The lowest BCUT2D eigenvalue weighted by atomic mass is 10.2. The number of amides is 1.